The highest BCUT2D eigenvalue weighted by Crippen LogP contribution is 2.11. The fourth-order valence-electron chi connectivity index (χ4n) is 1.58. The van der Waals surface area contributed by atoms with Crippen LogP contribution in [-0.2, 0) is 16.1 Å². The molecular weight excluding hydrogens is 196 g/mol. The van der Waals surface area contributed by atoms with Gasteiger partial charge < -0.3 is 5.73 Å². The summed E-state index contributed by atoms with van der Waals surface area (Å²) in [5.41, 5.74) is 5.44. The average molecular weight is 208 g/mol. The van der Waals surface area contributed by atoms with E-state index >= 15 is 0 Å². The van der Waals surface area contributed by atoms with E-state index in [9.17, 15) is 9.59 Å². The van der Waals surface area contributed by atoms with Crippen LogP contribution in [0.2, 0.25) is 0 Å². The molecule has 0 saturated carbocycles. The maximum absolute atomic E-state index is 11.3. The van der Waals surface area contributed by atoms with Crippen LogP contribution >= 0.6 is 0 Å². The molecule has 1 fully saturated rings. The second-order valence-electron chi connectivity index (χ2n) is 3.44. The van der Waals surface area contributed by atoms with Crippen LogP contribution in [0.1, 0.15) is 12.8 Å². The van der Waals surface area contributed by atoms with Crippen LogP contribution in [0.15, 0.2) is 12.3 Å². The van der Waals surface area contributed by atoms with E-state index in [2.05, 4.69) is 5.10 Å². The summed E-state index contributed by atoms with van der Waals surface area (Å²) in [6.45, 7) is 0.869. The molecule has 6 nitrogen and oxygen atoms in total. The zero-order valence-corrected chi connectivity index (χ0v) is 8.22. The minimum atomic E-state index is -0.0971. The van der Waals surface area contributed by atoms with Crippen molar-refractivity contribution in [1.82, 2.24) is 14.7 Å². The molecule has 0 unspecified atom stereocenters. The first kappa shape index (κ1) is 9.70. The minimum absolute atomic E-state index is 0.0971. The van der Waals surface area contributed by atoms with Crippen molar-refractivity contribution in [2.45, 2.75) is 19.4 Å². The monoisotopic (exact) mass is 208 g/mol. The molecule has 2 heterocycles. The first-order chi connectivity index (χ1) is 7.16. The summed E-state index contributed by atoms with van der Waals surface area (Å²) in [7, 11) is 0. The van der Waals surface area contributed by atoms with E-state index in [0.29, 0.717) is 31.7 Å². The molecule has 1 saturated heterocycles. The molecular formula is C9H12N4O2. The van der Waals surface area contributed by atoms with Gasteiger partial charge in [-0.1, -0.05) is 0 Å². The van der Waals surface area contributed by atoms with Gasteiger partial charge in [-0.2, -0.15) is 5.10 Å². The predicted molar refractivity (Wildman–Crippen MR) is 52.6 cm³/mol. The summed E-state index contributed by atoms with van der Waals surface area (Å²) in [5.74, 6) is 0.245. The van der Waals surface area contributed by atoms with Gasteiger partial charge in [0.25, 0.3) is 0 Å². The number of anilines is 1. The molecule has 15 heavy (non-hydrogen) atoms. The van der Waals surface area contributed by atoms with Crippen molar-refractivity contribution >= 4 is 17.6 Å². The Kier molecular flexibility index (Phi) is 2.40. The van der Waals surface area contributed by atoms with Gasteiger partial charge in [0.05, 0.1) is 6.54 Å². The molecule has 0 aliphatic carbocycles. The second kappa shape index (κ2) is 3.72. The van der Waals surface area contributed by atoms with Crippen molar-refractivity contribution < 1.29 is 9.59 Å². The molecule has 2 N–H and O–H groups in total. The molecule has 1 aromatic rings. The molecule has 1 aliphatic heterocycles. The fraction of sp³-hybridized carbons (Fsp3) is 0.444. The van der Waals surface area contributed by atoms with Crippen LogP contribution in [0.5, 0.6) is 0 Å². The SMILES string of the molecule is Nc1ccn(CCN2C(=O)CCC2=O)n1. The molecule has 0 spiro atoms. The standard InChI is InChI=1S/C9H12N4O2/c10-7-3-4-12(11-7)5-6-13-8(14)1-2-9(13)15/h3-4H,1-2,5-6H2,(H2,10,11). The molecule has 6 heteroatoms. The van der Waals surface area contributed by atoms with Gasteiger partial charge in [-0.3, -0.25) is 19.2 Å². The van der Waals surface area contributed by atoms with E-state index in [1.54, 1.807) is 16.9 Å². The number of rotatable bonds is 3. The van der Waals surface area contributed by atoms with Gasteiger partial charge in [0.2, 0.25) is 11.8 Å². The number of nitrogens with zero attached hydrogens (tertiary/aromatic N) is 3. The first-order valence-electron chi connectivity index (χ1n) is 4.79. The first-order valence-corrected chi connectivity index (χ1v) is 4.79. The highest BCUT2D eigenvalue weighted by atomic mass is 16.2. The van der Waals surface area contributed by atoms with Gasteiger partial charge in [-0.15, -0.1) is 0 Å². The Bertz CT molecular complexity index is 383. The second-order valence-corrected chi connectivity index (χ2v) is 3.44. The van der Waals surface area contributed by atoms with Crippen molar-refractivity contribution in [3.05, 3.63) is 12.3 Å². The zero-order chi connectivity index (χ0) is 10.8. The largest absolute Gasteiger partial charge is 0.382 e. The summed E-state index contributed by atoms with van der Waals surface area (Å²) in [4.78, 5) is 23.8. The molecule has 0 radical (unpaired) electrons. The Balaban J connectivity index is 1.93. The predicted octanol–water partition coefficient (Wildman–Crippen LogP) is -0.386. The van der Waals surface area contributed by atoms with Crippen LogP contribution < -0.4 is 5.73 Å². The number of aromatic nitrogens is 2. The van der Waals surface area contributed by atoms with E-state index in [-0.39, 0.29) is 11.8 Å². The summed E-state index contributed by atoms with van der Waals surface area (Å²) >= 11 is 0. The molecule has 0 aromatic carbocycles. The number of likely N-dealkylation sites (tertiary alicyclic amines) is 1. The molecule has 0 atom stereocenters. The number of hydrogen-bond acceptors (Lipinski definition) is 4. The number of imide groups is 1. The molecule has 80 valence electrons. The van der Waals surface area contributed by atoms with Gasteiger partial charge in [0, 0.05) is 25.6 Å². The van der Waals surface area contributed by atoms with Crippen molar-refractivity contribution in [2.24, 2.45) is 0 Å². The average Bonchev–Trinajstić information content (AvgIpc) is 2.73. The number of carbonyl (C=O) groups excluding carboxylic acids is 2. The Morgan fingerprint density at radius 3 is 2.47 bits per heavy atom. The summed E-state index contributed by atoms with van der Waals surface area (Å²) in [6, 6.07) is 1.67. The number of hydrogen-bond donors (Lipinski definition) is 1. The number of amides is 2. The highest BCUT2D eigenvalue weighted by molar-refractivity contribution is 6.01. The quantitative estimate of drug-likeness (QED) is 0.686. The lowest BCUT2D eigenvalue weighted by molar-refractivity contribution is -0.138. The van der Waals surface area contributed by atoms with Gasteiger partial charge in [-0.25, -0.2) is 0 Å². The van der Waals surface area contributed by atoms with E-state index in [1.165, 1.54) is 4.90 Å². The Morgan fingerprint density at radius 1 is 1.27 bits per heavy atom. The summed E-state index contributed by atoms with van der Waals surface area (Å²) in [5, 5.41) is 3.97. The van der Waals surface area contributed by atoms with Crippen molar-refractivity contribution in [2.75, 3.05) is 12.3 Å². The Labute approximate surface area is 86.6 Å². The van der Waals surface area contributed by atoms with Gasteiger partial charge in [0.15, 0.2) is 0 Å². The summed E-state index contributed by atoms with van der Waals surface area (Å²) < 4.78 is 1.62. The lowest BCUT2D eigenvalue weighted by atomic mass is 10.4. The van der Waals surface area contributed by atoms with Crippen LogP contribution in [-0.4, -0.2) is 33.0 Å². The molecule has 1 aliphatic rings. The van der Waals surface area contributed by atoms with Crippen LogP contribution in [0.3, 0.4) is 0 Å². The maximum atomic E-state index is 11.3. The third kappa shape index (κ3) is 1.98. The van der Waals surface area contributed by atoms with Gasteiger partial charge in [-0.05, 0) is 6.07 Å². The maximum Gasteiger partial charge on any atom is 0.229 e. The van der Waals surface area contributed by atoms with Crippen LogP contribution in [0, 0.1) is 0 Å². The molecule has 2 amide bonds. The molecule has 2 rings (SSSR count). The third-order valence-corrected chi connectivity index (χ3v) is 2.37. The third-order valence-electron chi connectivity index (χ3n) is 2.37. The minimum Gasteiger partial charge on any atom is -0.382 e. The fourth-order valence-corrected chi connectivity index (χ4v) is 1.58. The smallest absolute Gasteiger partial charge is 0.229 e. The van der Waals surface area contributed by atoms with E-state index in [1.807, 2.05) is 0 Å². The lowest BCUT2D eigenvalue weighted by Crippen LogP contribution is -2.32. The Morgan fingerprint density at radius 2 is 1.93 bits per heavy atom. The summed E-state index contributed by atoms with van der Waals surface area (Å²) in [6.07, 6.45) is 2.39. The van der Waals surface area contributed by atoms with E-state index in [4.69, 9.17) is 5.73 Å². The van der Waals surface area contributed by atoms with Crippen molar-refractivity contribution in [3.8, 4) is 0 Å². The van der Waals surface area contributed by atoms with Crippen LogP contribution in [0.4, 0.5) is 5.82 Å². The molecule has 1 aromatic heterocycles. The normalized spacial score (nSPS) is 16.4. The topological polar surface area (TPSA) is 81.2 Å². The van der Waals surface area contributed by atoms with Crippen molar-refractivity contribution in [3.63, 3.8) is 0 Å². The Hall–Kier alpha value is -1.85. The highest BCUT2D eigenvalue weighted by Gasteiger charge is 2.28. The number of carbonyl (C=O) groups is 2. The molecule has 0 bridgehead atoms. The van der Waals surface area contributed by atoms with E-state index in [0.717, 1.165) is 0 Å². The van der Waals surface area contributed by atoms with Crippen molar-refractivity contribution in [1.29, 1.82) is 0 Å². The van der Waals surface area contributed by atoms with Gasteiger partial charge >= 0.3 is 0 Å². The zero-order valence-electron chi connectivity index (χ0n) is 8.22. The van der Waals surface area contributed by atoms with E-state index < -0.39 is 0 Å². The van der Waals surface area contributed by atoms with Crippen LogP contribution in [0.25, 0.3) is 0 Å². The lowest BCUT2D eigenvalue weighted by Gasteiger charge is -2.12. The van der Waals surface area contributed by atoms with Gasteiger partial charge in [0.1, 0.15) is 5.82 Å². The number of nitrogen functional groups attached to an aromatic ring is 1. The number of nitrogens with two attached hydrogens (primary N) is 1.